The van der Waals surface area contributed by atoms with Gasteiger partial charge in [-0.15, -0.1) is 0 Å². The molecule has 19 heavy (non-hydrogen) atoms. The van der Waals surface area contributed by atoms with Gasteiger partial charge in [0.15, 0.2) is 0 Å². The number of carbonyl (C=O) groups is 1. The van der Waals surface area contributed by atoms with Crippen molar-refractivity contribution in [2.24, 2.45) is 0 Å². The molecule has 1 aromatic rings. The maximum absolute atomic E-state index is 12.5. The van der Waals surface area contributed by atoms with Gasteiger partial charge in [-0.25, -0.2) is 0 Å². The van der Waals surface area contributed by atoms with Gasteiger partial charge in [0.2, 0.25) is 0 Å². The number of hydrogen-bond acceptors (Lipinski definition) is 2. The molecule has 5 heteroatoms. The van der Waals surface area contributed by atoms with Crippen LogP contribution in [-0.2, 0) is 0 Å². The van der Waals surface area contributed by atoms with E-state index in [0.29, 0.717) is 10.6 Å². The van der Waals surface area contributed by atoms with Crippen LogP contribution in [0.15, 0.2) is 22.7 Å². The third kappa shape index (κ3) is 3.89. The Bertz CT molecular complexity index is 492. The number of rotatable bonds is 1. The van der Waals surface area contributed by atoms with Crippen molar-refractivity contribution in [1.29, 1.82) is 0 Å². The molecule has 1 heterocycles. The van der Waals surface area contributed by atoms with E-state index in [0.717, 1.165) is 29.7 Å². The molecule has 0 radical (unpaired) electrons. The Morgan fingerprint density at radius 3 is 2.84 bits per heavy atom. The van der Waals surface area contributed by atoms with E-state index in [1.165, 1.54) is 0 Å². The van der Waals surface area contributed by atoms with Crippen molar-refractivity contribution in [1.82, 2.24) is 4.90 Å². The Hall–Kier alpha value is -0.190. The molecule has 1 aromatic carbocycles. The minimum absolute atomic E-state index is 0.0766. The van der Waals surface area contributed by atoms with Crippen molar-refractivity contribution in [3.05, 3.63) is 33.3 Å². The summed E-state index contributed by atoms with van der Waals surface area (Å²) in [6.07, 6.45) is 1.02. The SMILES string of the molecule is CC1(C)CCN(C(=O)c2ccc(Br)c(Cl)c2)CCS1. The van der Waals surface area contributed by atoms with Crippen molar-refractivity contribution in [2.45, 2.75) is 25.0 Å². The van der Waals surface area contributed by atoms with Crippen LogP contribution in [0.4, 0.5) is 0 Å². The zero-order valence-corrected chi connectivity index (χ0v) is 14.2. The highest BCUT2D eigenvalue weighted by molar-refractivity contribution is 9.10. The summed E-state index contributed by atoms with van der Waals surface area (Å²) in [5.41, 5.74) is 0.665. The summed E-state index contributed by atoms with van der Waals surface area (Å²) in [6.45, 7) is 6.09. The van der Waals surface area contributed by atoms with Gasteiger partial charge in [-0.2, -0.15) is 11.8 Å². The molecule has 1 fully saturated rings. The van der Waals surface area contributed by atoms with E-state index >= 15 is 0 Å². The van der Waals surface area contributed by atoms with Crippen molar-refractivity contribution in [2.75, 3.05) is 18.8 Å². The van der Waals surface area contributed by atoms with Gasteiger partial charge in [-0.05, 0) is 40.5 Å². The fraction of sp³-hybridized carbons (Fsp3) is 0.500. The zero-order valence-electron chi connectivity index (χ0n) is 11.1. The van der Waals surface area contributed by atoms with E-state index in [2.05, 4.69) is 29.8 Å². The van der Waals surface area contributed by atoms with Gasteiger partial charge in [-0.1, -0.05) is 25.4 Å². The van der Waals surface area contributed by atoms with Gasteiger partial charge < -0.3 is 4.90 Å². The lowest BCUT2D eigenvalue weighted by molar-refractivity contribution is 0.0764. The normalized spacial score (nSPS) is 19.1. The van der Waals surface area contributed by atoms with Crippen molar-refractivity contribution in [3.8, 4) is 0 Å². The molecular weight excluding hydrogens is 346 g/mol. The lowest BCUT2D eigenvalue weighted by Crippen LogP contribution is -2.33. The lowest BCUT2D eigenvalue weighted by atomic mass is 10.1. The Kier molecular flexibility index (Phi) is 4.85. The fourth-order valence-electron chi connectivity index (χ4n) is 2.04. The van der Waals surface area contributed by atoms with Crippen molar-refractivity contribution >= 4 is 45.2 Å². The molecule has 1 aliphatic rings. The van der Waals surface area contributed by atoms with Crippen LogP contribution in [-0.4, -0.2) is 34.4 Å². The predicted molar refractivity (Wildman–Crippen MR) is 86.2 cm³/mol. The zero-order chi connectivity index (χ0) is 14.0. The fourth-order valence-corrected chi connectivity index (χ4v) is 3.56. The smallest absolute Gasteiger partial charge is 0.253 e. The molecule has 1 amide bonds. The van der Waals surface area contributed by atoms with Crippen LogP contribution in [0.2, 0.25) is 5.02 Å². The van der Waals surface area contributed by atoms with Crippen LogP contribution in [0.25, 0.3) is 0 Å². The average molecular weight is 363 g/mol. The Morgan fingerprint density at radius 1 is 1.42 bits per heavy atom. The molecule has 0 unspecified atom stereocenters. The van der Waals surface area contributed by atoms with E-state index in [9.17, 15) is 4.79 Å². The lowest BCUT2D eigenvalue weighted by Gasteiger charge is -2.22. The quantitative estimate of drug-likeness (QED) is 0.735. The molecule has 104 valence electrons. The molecule has 0 atom stereocenters. The Morgan fingerprint density at radius 2 is 2.16 bits per heavy atom. The number of thioether (sulfide) groups is 1. The standard InChI is InChI=1S/C14H17BrClNOS/c1-14(2)5-6-17(7-8-19-14)13(18)10-3-4-11(15)12(16)9-10/h3-4,9H,5-8H2,1-2H3. The number of hydrogen-bond donors (Lipinski definition) is 0. The van der Waals surface area contributed by atoms with Gasteiger partial charge in [-0.3, -0.25) is 4.79 Å². The molecule has 1 aliphatic heterocycles. The van der Waals surface area contributed by atoms with Crippen molar-refractivity contribution in [3.63, 3.8) is 0 Å². The largest absolute Gasteiger partial charge is 0.338 e. The third-order valence-corrected chi connectivity index (χ3v) is 5.90. The maximum Gasteiger partial charge on any atom is 0.253 e. The number of carbonyl (C=O) groups excluding carboxylic acids is 1. The molecule has 0 spiro atoms. The number of benzene rings is 1. The van der Waals surface area contributed by atoms with E-state index in [-0.39, 0.29) is 10.7 Å². The van der Waals surface area contributed by atoms with E-state index in [1.54, 1.807) is 6.07 Å². The minimum atomic E-state index is 0.0766. The maximum atomic E-state index is 12.5. The van der Waals surface area contributed by atoms with Crippen LogP contribution in [0.3, 0.4) is 0 Å². The second-order valence-electron chi connectivity index (χ2n) is 5.28. The first kappa shape index (κ1) is 15.2. The first-order valence-corrected chi connectivity index (χ1v) is 8.43. The van der Waals surface area contributed by atoms with E-state index in [4.69, 9.17) is 11.6 Å². The highest BCUT2D eigenvalue weighted by Gasteiger charge is 2.26. The summed E-state index contributed by atoms with van der Waals surface area (Å²) in [5, 5.41) is 0.579. The highest BCUT2D eigenvalue weighted by Crippen LogP contribution is 2.31. The highest BCUT2D eigenvalue weighted by atomic mass is 79.9. The molecular formula is C14H17BrClNOS. The summed E-state index contributed by atoms with van der Waals surface area (Å²) in [6, 6.07) is 5.38. The topological polar surface area (TPSA) is 20.3 Å². The Balaban J connectivity index is 2.13. The average Bonchev–Trinajstić information content (AvgIpc) is 2.53. The summed E-state index contributed by atoms with van der Waals surface area (Å²) >= 11 is 11.3. The van der Waals surface area contributed by atoms with E-state index in [1.807, 2.05) is 28.8 Å². The van der Waals surface area contributed by atoms with Gasteiger partial charge in [0.05, 0.1) is 5.02 Å². The first-order chi connectivity index (χ1) is 8.89. The van der Waals surface area contributed by atoms with Crippen LogP contribution in [0, 0.1) is 0 Å². The van der Waals surface area contributed by atoms with Crippen LogP contribution in [0.1, 0.15) is 30.6 Å². The molecule has 1 saturated heterocycles. The molecule has 2 nitrogen and oxygen atoms in total. The molecule has 0 aliphatic carbocycles. The number of halogens is 2. The van der Waals surface area contributed by atoms with Gasteiger partial charge in [0.1, 0.15) is 0 Å². The van der Waals surface area contributed by atoms with Gasteiger partial charge in [0.25, 0.3) is 5.91 Å². The summed E-state index contributed by atoms with van der Waals surface area (Å²) in [4.78, 5) is 14.4. The Labute approximate surface area is 132 Å². The van der Waals surface area contributed by atoms with Crippen molar-refractivity contribution < 1.29 is 4.79 Å². The summed E-state index contributed by atoms with van der Waals surface area (Å²) < 4.78 is 1.07. The minimum Gasteiger partial charge on any atom is -0.338 e. The third-order valence-electron chi connectivity index (χ3n) is 3.29. The summed E-state index contributed by atoms with van der Waals surface area (Å²) in [5.74, 6) is 1.07. The van der Waals surface area contributed by atoms with Gasteiger partial charge in [0, 0.05) is 33.6 Å². The van der Waals surface area contributed by atoms with E-state index < -0.39 is 0 Å². The number of amides is 1. The number of nitrogens with zero attached hydrogens (tertiary/aromatic N) is 1. The van der Waals surface area contributed by atoms with Crippen LogP contribution in [0.5, 0.6) is 0 Å². The summed E-state index contributed by atoms with van der Waals surface area (Å²) in [7, 11) is 0. The second-order valence-corrected chi connectivity index (χ2v) is 8.34. The van der Waals surface area contributed by atoms with Crippen LogP contribution < -0.4 is 0 Å². The molecule has 0 N–H and O–H groups in total. The van der Waals surface area contributed by atoms with Crippen LogP contribution >= 0.6 is 39.3 Å². The molecule has 0 bridgehead atoms. The molecule has 0 aromatic heterocycles. The predicted octanol–water partition coefficient (Wildman–Crippen LogP) is 4.46. The second kappa shape index (κ2) is 6.06. The molecule has 0 saturated carbocycles. The van der Waals surface area contributed by atoms with Gasteiger partial charge >= 0.3 is 0 Å². The monoisotopic (exact) mass is 361 g/mol. The first-order valence-electron chi connectivity index (χ1n) is 6.27. The molecule has 2 rings (SSSR count).